The molecule has 1 aliphatic rings. The van der Waals surface area contributed by atoms with Crippen molar-refractivity contribution in [1.29, 1.82) is 0 Å². The number of benzene rings is 1. The third-order valence-electron chi connectivity index (χ3n) is 3.61. The molecule has 18 heavy (non-hydrogen) atoms. The second kappa shape index (κ2) is 5.59. The Hall–Kier alpha value is -1.26. The van der Waals surface area contributed by atoms with E-state index in [4.69, 9.17) is 4.74 Å². The van der Waals surface area contributed by atoms with Crippen LogP contribution in [0.15, 0.2) is 18.2 Å². The third-order valence-corrected chi connectivity index (χ3v) is 3.61. The minimum absolute atomic E-state index is 0.172. The van der Waals surface area contributed by atoms with Crippen molar-refractivity contribution in [1.82, 2.24) is 5.32 Å². The summed E-state index contributed by atoms with van der Waals surface area (Å²) in [5, 5.41) is 23.3. The number of phenolic OH excluding ortho intramolecular Hbond substituents is 1. The lowest BCUT2D eigenvalue weighted by atomic mass is 10.0. The molecule has 0 aliphatic heterocycles. The maximum atomic E-state index is 10.2. The van der Waals surface area contributed by atoms with Crippen molar-refractivity contribution in [2.24, 2.45) is 0 Å². The van der Waals surface area contributed by atoms with E-state index in [1.165, 1.54) is 7.11 Å². The van der Waals surface area contributed by atoms with Crippen LogP contribution in [-0.2, 0) is 6.54 Å². The Labute approximate surface area is 108 Å². The van der Waals surface area contributed by atoms with Gasteiger partial charge >= 0.3 is 0 Å². The smallest absolute Gasteiger partial charge is 0.162 e. The molecule has 1 aromatic carbocycles. The lowest BCUT2D eigenvalue weighted by molar-refractivity contribution is 0.0474. The van der Waals surface area contributed by atoms with Gasteiger partial charge in [-0.3, -0.25) is 0 Å². The van der Waals surface area contributed by atoms with Gasteiger partial charge in [0.15, 0.2) is 11.5 Å². The third kappa shape index (κ3) is 2.94. The highest BCUT2D eigenvalue weighted by molar-refractivity contribution is 5.45. The Bertz CT molecular complexity index is 400. The van der Waals surface area contributed by atoms with Crippen molar-refractivity contribution in [3.63, 3.8) is 0 Å². The van der Waals surface area contributed by atoms with Gasteiger partial charge in [0.05, 0.1) is 12.7 Å². The number of hydrogen-bond acceptors (Lipinski definition) is 4. The zero-order chi connectivity index (χ0) is 13.0. The first-order chi connectivity index (χ1) is 8.64. The molecule has 1 fully saturated rings. The Morgan fingerprint density at radius 1 is 1.33 bits per heavy atom. The summed E-state index contributed by atoms with van der Waals surface area (Å²) in [4.78, 5) is 0. The molecule has 1 aliphatic carbocycles. The summed E-state index contributed by atoms with van der Waals surface area (Å²) < 4.78 is 5.06. The normalized spacial score (nSPS) is 17.9. The molecule has 0 radical (unpaired) electrons. The van der Waals surface area contributed by atoms with Crippen molar-refractivity contribution in [3.8, 4) is 11.5 Å². The van der Waals surface area contributed by atoms with Crippen LogP contribution in [0.1, 0.15) is 31.2 Å². The SMILES string of the molecule is COc1cccc(CNCC2(O)CCCC2)c1O. The van der Waals surface area contributed by atoms with Gasteiger partial charge in [-0.2, -0.15) is 0 Å². The number of ether oxygens (including phenoxy) is 1. The first-order valence-corrected chi connectivity index (χ1v) is 6.42. The van der Waals surface area contributed by atoms with E-state index in [0.29, 0.717) is 18.8 Å². The molecule has 0 aromatic heterocycles. The molecule has 0 unspecified atom stereocenters. The summed E-state index contributed by atoms with van der Waals surface area (Å²) >= 11 is 0. The molecular formula is C14H21NO3. The Balaban J connectivity index is 1.90. The summed E-state index contributed by atoms with van der Waals surface area (Å²) in [6.07, 6.45) is 3.93. The van der Waals surface area contributed by atoms with Gasteiger partial charge in [0, 0.05) is 18.7 Å². The predicted molar refractivity (Wildman–Crippen MR) is 69.8 cm³/mol. The van der Waals surface area contributed by atoms with Gasteiger partial charge in [-0.05, 0) is 18.9 Å². The molecule has 2 rings (SSSR count). The molecular weight excluding hydrogens is 230 g/mol. The Morgan fingerprint density at radius 3 is 2.72 bits per heavy atom. The zero-order valence-electron chi connectivity index (χ0n) is 10.8. The van der Waals surface area contributed by atoms with Crippen LogP contribution < -0.4 is 10.1 Å². The second-order valence-corrected chi connectivity index (χ2v) is 5.00. The standard InChI is InChI=1S/C14H21NO3/c1-18-12-6-4-5-11(13(12)16)9-15-10-14(17)7-2-3-8-14/h4-6,15-17H,2-3,7-10H2,1H3. The van der Waals surface area contributed by atoms with Crippen LogP contribution in [0.3, 0.4) is 0 Å². The van der Waals surface area contributed by atoms with E-state index in [0.717, 1.165) is 31.2 Å². The maximum Gasteiger partial charge on any atom is 0.162 e. The number of nitrogens with one attached hydrogen (secondary N) is 1. The molecule has 1 saturated carbocycles. The number of phenols is 1. The fraction of sp³-hybridized carbons (Fsp3) is 0.571. The molecule has 0 bridgehead atoms. The zero-order valence-corrected chi connectivity index (χ0v) is 10.8. The van der Waals surface area contributed by atoms with E-state index in [1.807, 2.05) is 12.1 Å². The van der Waals surface area contributed by atoms with Crippen LogP contribution in [-0.4, -0.2) is 29.5 Å². The van der Waals surface area contributed by atoms with E-state index < -0.39 is 5.60 Å². The number of aromatic hydroxyl groups is 1. The number of rotatable bonds is 5. The van der Waals surface area contributed by atoms with Crippen LogP contribution in [0.5, 0.6) is 11.5 Å². The summed E-state index contributed by atoms with van der Waals surface area (Å²) in [5.74, 6) is 0.653. The van der Waals surface area contributed by atoms with E-state index in [-0.39, 0.29) is 5.75 Å². The molecule has 4 nitrogen and oxygen atoms in total. The first kappa shape index (κ1) is 13.2. The molecule has 0 spiro atoms. The predicted octanol–water partition coefficient (Wildman–Crippen LogP) is 1.80. The monoisotopic (exact) mass is 251 g/mol. The van der Waals surface area contributed by atoms with Crippen LogP contribution >= 0.6 is 0 Å². The average molecular weight is 251 g/mol. The summed E-state index contributed by atoms with van der Waals surface area (Å²) in [7, 11) is 1.54. The minimum atomic E-state index is -0.561. The highest BCUT2D eigenvalue weighted by Crippen LogP contribution is 2.30. The van der Waals surface area contributed by atoms with E-state index in [2.05, 4.69) is 5.32 Å². The van der Waals surface area contributed by atoms with Gasteiger partial charge in [-0.25, -0.2) is 0 Å². The van der Waals surface area contributed by atoms with E-state index in [9.17, 15) is 10.2 Å². The van der Waals surface area contributed by atoms with E-state index in [1.54, 1.807) is 6.07 Å². The van der Waals surface area contributed by atoms with Crippen LogP contribution in [0.4, 0.5) is 0 Å². The minimum Gasteiger partial charge on any atom is -0.504 e. The summed E-state index contributed by atoms with van der Waals surface area (Å²) in [6.45, 7) is 1.11. The van der Waals surface area contributed by atoms with Gasteiger partial charge in [0.2, 0.25) is 0 Å². The average Bonchev–Trinajstić information content (AvgIpc) is 2.79. The summed E-state index contributed by atoms with van der Waals surface area (Å²) in [6, 6.07) is 5.42. The lowest BCUT2D eigenvalue weighted by Gasteiger charge is -2.22. The van der Waals surface area contributed by atoms with Crippen LogP contribution in [0.25, 0.3) is 0 Å². The first-order valence-electron chi connectivity index (χ1n) is 6.42. The molecule has 0 heterocycles. The van der Waals surface area contributed by atoms with Gasteiger partial charge < -0.3 is 20.3 Å². The summed E-state index contributed by atoms with van der Waals surface area (Å²) in [5.41, 5.74) is 0.227. The fourth-order valence-electron chi connectivity index (χ4n) is 2.51. The van der Waals surface area contributed by atoms with Gasteiger partial charge in [-0.1, -0.05) is 25.0 Å². The highest BCUT2D eigenvalue weighted by atomic mass is 16.5. The Morgan fingerprint density at radius 2 is 2.06 bits per heavy atom. The molecule has 100 valence electrons. The number of para-hydroxylation sites is 1. The number of methoxy groups -OCH3 is 1. The van der Waals surface area contributed by atoms with Crippen molar-refractivity contribution >= 4 is 0 Å². The molecule has 0 atom stereocenters. The number of hydrogen-bond donors (Lipinski definition) is 3. The van der Waals surface area contributed by atoms with Gasteiger partial charge in [0.25, 0.3) is 0 Å². The van der Waals surface area contributed by atoms with Crippen LogP contribution in [0, 0.1) is 0 Å². The quantitative estimate of drug-likeness (QED) is 0.746. The molecule has 0 amide bonds. The van der Waals surface area contributed by atoms with Gasteiger partial charge in [0.1, 0.15) is 0 Å². The molecule has 3 N–H and O–H groups in total. The molecule has 1 aromatic rings. The lowest BCUT2D eigenvalue weighted by Crippen LogP contribution is -2.37. The fourth-order valence-corrected chi connectivity index (χ4v) is 2.51. The maximum absolute atomic E-state index is 10.2. The van der Waals surface area contributed by atoms with Crippen LogP contribution in [0.2, 0.25) is 0 Å². The second-order valence-electron chi connectivity index (χ2n) is 5.00. The van der Waals surface area contributed by atoms with Crippen molar-refractivity contribution < 1.29 is 14.9 Å². The van der Waals surface area contributed by atoms with Crippen molar-refractivity contribution in [2.45, 2.75) is 37.8 Å². The van der Waals surface area contributed by atoms with Crippen molar-refractivity contribution in [3.05, 3.63) is 23.8 Å². The van der Waals surface area contributed by atoms with Crippen molar-refractivity contribution in [2.75, 3.05) is 13.7 Å². The Kier molecular flexibility index (Phi) is 4.09. The van der Waals surface area contributed by atoms with E-state index >= 15 is 0 Å². The highest BCUT2D eigenvalue weighted by Gasteiger charge is 2.30. The largest absolute Gasteiger partial charge is 0.504 e. The topological polar surface area (TPSA) is 61.7 Å². The molecule has 4 heteroatoms. The van der Waals surface area contributed by atoms with Gasteiger partial charge in [-0.15, -0.1) is 0 Å². The number of aliphatic hydroxyl groups is 1. The molecule has 0 saturated heterocycles.